The normalized spacial score (nSPS) is 19.7. The van der Waals surface area contributed by atoms with Crippen LogP contribution in [0, 0.1) is 5.41 Å². The molecule has 0 spiro atoms. The number of unbranched alkanes of at least 4 members (excludes halogenated alkanes) is 2. The number of amides is 3. The highest BCUT2D eigenvalue weighted by Gasteiger charge is 2.58. The summed E-state index contributed by atoms with van der Waals surface area (Å²) in [6, 6.07) is 0. The highest BCUT2D eigenvalue weighted by molar-refractivity contribution is 6.07. The van der Waals surface area contributed by atoms with Gasteiger partial charge in [-0.2, -0.15) is 0 Å². The lowest BCUT2D eigenvalue weighted by Gasteiger charge is -2.35. The van der Waals surface area contributed by atoms with E-state index in [0.717, 1.165) is 19.3 Å². The Morgan fingerprint density at radius 1 is 1.00 bits per heavy atom. The fourth-order valence-electron chi connectivity index (χ4n) is 2.94. The quantitative estimate of drug-likeness (QED) is 0.582. The zero-order valence-electron chi connectivity index (χ0n) is 13.7. The molecule has 3 amide bonds. The third-order valence-electron chi connectivity index (χ3n) is 4.67. The van der Waals surface area contributed by atoms with E-state index >= 15 is 0 Å². The molecule has 6 nitrogen and oxygen atoms in total. The van der Waals surface area contributed by atoms with Gasteiger partial charge in [0.05, 0.1) is 0 Å². The van der Waals surface area contributed by atoms with Crippen molar-refractivity contribution in [3.63, 3.8) is 0 Å². The Morgan fingerprint density at radius 2 is 1.59 bits per heavy atom. The average Bonchev–Trinajstić information content (AvgIpc) is 3.32. The molecule has 124 valence electrons. The third-order valence-corrected chi connectivity index (χ3v) is 4.67. The van der Waals surface area contributed by atoms with Crippen molar-refractivity contribution in [3.05, 3.63) is 0 Å². The van der Waals surface area contributed by atoms with Crippen molar-refractivity contribution in [2.45, 2.75) is 46.0 Å². The van der Waals surface area contributed by atoms with Crippen LogP contribution in [0.4, 0.5) is 0 Å². The molecule has 1 saturated heterocycles. The van der Waals surface area contributed by atoms with Crippen LogP contribution < -0.4 is 5.32 Å². The van der Waals surface area contributed by atoms with Crippen LogP contribution >= 0.6 is 0 Å². The Balaban J connectivity index is 1.84. The number of carbonyl (C=O) groups is 3. The minimum atomic E-state index is -0.815. The van der Waals surface area contributed by atoms with Gasteiger partial charge in [-0.05, 0) is 19.3 Å². The Bertz CT molecular complexity index is 438. The zero-order chi connectivity index (χ0) is 16.2. The molecule has 6 heteroatoms. The SMILES string of the molecule is CCCCCNC(=O)C1(C(=O)N2CCN(C(C)=O)CC2)CC1. The predicted molar refractivity (Wildman–Crippen MR) is 83.0 cm³/mol. The number of rotatable bonds is 6. The summed E-state index contributed by atoms with van der Waals surface area (Å²) < 4.78 is 0. The van der Waals surface area contributed by atoms with E-state index in [0.29, 0.717) is 45.6 Å². The first kappa shape index (κ1) is 16.8. The van der Waals surface area contributed by atoms with Gasteiger partial charge in [0, 0.05) is 39.6 Å². The van der Waals surface area contributed by atoms with E-state index in [1.165, 1.54) is 0 Å². The van der Waals surface area contributed by atoms with Gasteiger partial charge < -0.3 is 15.1 Å². The van der Waals surface area contributed by atoms with Crippen molar-refractivity contribution in [2.24, 2.45) is 5.41 Å². The minimum absolute atomic E-state index is 0.0434. The van der Waals surface area contributed by atoms with E-state index < -0.39 is 5.41 Å². The minimum Gasteiger partial charge on any atom is -0.355 e. The van der Waals surface area contributed by atoms with E-state index in [1.807, 2.05) is 0 Å². The number of piperazine rings is 1. The molecule has 1 aliphatic heterocycles. The van der Waals surface area contributed by atoms with E-state index in [1.54, 1.807) is 16.7 Å². The lowest BCUT2D eigenvalue weighted by Crippen LogP contribution is -2.54. The third kappa shape index (κ3) is 3.59. The maximum Gasteiger partial charge on any atom is 0.238 e. The first-order valence-corrected chi connectivity index (χ1v) is 8.34. The molecule has 0 unspecified atom stereocenters. The molecule has 2 rings (SSSR count). The Morgan fingerprint density at radius 3 is 2.09 bits per heavy atom. The van der Waals surface area contributed by atoms with Gasteiger partial charge >= 0.3 is 0 Å². The highest BCUT2D eigenvalue weighted by atomic mass is 16.2. The van der Waals surface area contributed by atoms with Gasteiger partial charge in [-0.3, -0.25) is 14.4 Å². The molecule has 0 radical (unpaired) electrons. The van der Waals surface area contributed by atoms with Crippen LogP contribution in [0.2, 0.25) is 0 Å². The highest BCUT2D eigenvalue weighted by Crippen LogP contribution is 2.47. The summed E-state index contributed by atoms with van der Waals surface area (Å²) in [6.45, 7) is 6.51. The van der Waals surface area contributed by atoms with Crippen LogP contribution in [0.5, 0.6) is 0 Å². The molecule has 1 heterocycles. The first-order chi connectivity index (χ1) is 10.5. The van der Waals surface area contributed by atoms with Gasteiger partial charge in [-0.25, -0.2) is 0 Å². The number of hydrogen-bond acceptors (Lipinski definition) is 3. The molecule has 0 aromatic rings. The summed E-state index contributed by atoms with van der Waals surface area (Å²) in [6.07, 6.45) is 4.47. The fraction of sp³-hybridized carbons (Fsp3) is 0.812. The van der Waals surface area contributed by atoms with Gasteiger partial charge in [0.15, 0.2) is 0 Å². The molecular formula is C16H27N3O3. The van der Waals surface area contributed by atoms with Gasteiger partial charge in [0.2, 0.25) is 17.7 Å². The molecule has 2 fully saturated rings. The van der Waals surface area contributed by atoms with Gasteiger partial charge in [0.1, 0.15) is 5.41 Å². The topological polar surface area (TPSA) is 69.7 Å². The Kier molecular flexibility index (Phi) is 5.42. The van der Waals surface area contributed by atoms with Crippen LogP contribution in [-0.4, -0.2) is 60.2 Å². The van der Waals surface area contributed by atoms with Gasteiger partial charge in [0.25, 0.3) is 0 Å². The first-order valence-electron chi connectivity index (χ1n) is 8.34. The second-order valence-corrected chi connectivity index (χ2v) is 6.34. The monoisotopic (exact) mass is 309 g/mol. The number of nitrogens with zero attached hydrogens (tertiary/aromatic N) is 2. The fourth-order valence-corrected chi connectivity index (χ4v) is 2.94. The lowest BCUT2D eigenvalue weighted by molar-refractivity contribution is -0.147. The molecular weight excluding hydrogens is 282 g/mol. The van der Waals surface area contributed by atoms with Crippen molar-refractivity contribution in [2.75, 3.05) is 32.7 Å². The molecule has 0 atom stereocenters. The van der Waals surface area contributed by atoms with Crippen molar-refractivity contribution in [1.29, 1.82) is 0 Å². The molecule has 0 aromatic carbocycles. The molecule has 0 bridgehead atoms. The summed E-state index contributed by atoms with van der Waals surface area (Å²) in [5.74, 6) is -0.117. The molecule has 1 saturated carbocycles. The average molecular weight is 309 g/mol. The maximum atomic E-state index is 12.7. The molecule has 2 aliphatic rings. The Labute approximate surface area is 132 Å². The van der Waals surface area contributed by atoms with E-state index in [2.05, 4.69) is 12.2 Å². The zero-order valence-corrected chi connectivity index (χ0v) is 13.7. The second-order valence-electron chi connectivity index (χ2n) is 6.34. The van der Waals surface area contributed by atoms with Crippen molar-refractivity contribution >= 4 is 17.7 Å². The maximum absolute atomic E-state index is 12.7. The predicted octanol–water partition coefficient (Wildman–Crippen LogP) is 0.764. The largest absolute Gasteiger partial charge is 0.355 e. The standard InChI is InChI=1S/C16H27N3O3/c1-3-4-5-8-17-14(21)16(6-7-16)15(22)19-11-9-18(10-12-19)13(2)20/h3-12H2,1-2H3,(H,17,21). The molecule has 1 aliphatic carbocycles. The molecule has 0 aromatic heterocycles. The van der Waals surface area contributed by atoms with Gasteiger partial charge in [-0.15, -0.1) is 0 Å². The second kappa shape index (κ2) is 7.11. The van der Waals surface area contributed by atoms with E-state index in [9.17, 15) is 14.4 Å². The summed E-state index contributed by atoms with van der Waals surface area (Å²) in [7, 11) is 0. The van der Waals surface area contributed by atoms with Crippen LogP contribution in [0.1, 0.15) is 46.0 Å². The van der Waals surface area contributed by atoms with Crippen LogP contribution in [0.15, 0.2) is 0 Å². The number of hydrogen-bond donors (Lipinski definition) is 1. The van der Waals surface area contributed by atoms with Crippen molar-refractivity contribution in [1.82, 2.24) is 15.1 Å². The van der Waals surface area contributed by atoms with Crippen LogP contribution in [0.25, 0.3) is 0 Å². The summed E-state index contributed by atoms with van der Waals surface area (Å²) in [5.41, 5.74) is -0.815. The van der Waals surface area contributed by atoms with Gasteiger partial charge in [-0.1, -0.05) is 19.8 Å². The smallest absolute Gasteiger partial charge is 0.238 e. The number of carbonyl (C=O) groups excluding carboxylic acids is 3. The van der Waals surface area contributed by atoms with E-state index in [-0.39, 0.29) is 17.7 Å². The molecule has 22 heavy (non-hydrogen) atoms. The van der Waals surface area contributed by atoms with Crippen molar-refractivity contribution < 1.29 is 14.4 Å². The Hall–Kier alpha value is -1.59. The summed E-state index contributed by atoms with van der Waals surface area (Å²) in [4.78, 5) is 39.8. The van der Waals surface area contributed by atoms with Crippen molar-refractivity contribution in [3.8, 4) is 0 Å². The number of nitrogens with one attached hydrogen (secondary N) is 1. The summed E-state index contributed by atoms with van der Waals surface area (Å²) in [5, 5.41) is 2.92. The lowest BCUT2D eigenvalue weighted by atomic mass is 10.0. The summed E-state index contributed by atoms with van der Waals surface area (Å²) >= 11 is 0. The molecule has 1 N–H and O–H groups in total. The van der Waals surface area contributed by atoms with Crippen LogP contribution in [-0.2, 0) is 14.4 Å². The van der Waals surface area contributed by atoms with Crippen LogP contribution in [0.3, 0.4) is 0 Å². The van der Waals surface area contributed by atoms with E-state index in [4.69, 9.17) is 0 Å².